The molecule has 8 nitrogen and oxygen atoms in total. The van der Waals surface area contributed by atoms with E-state index in [1.165, 1.54) is 16.4 Å². The smallest absolute Gasteiger partial charge is 0.266 e. The number of halogens is 2. The van der Waals surface area contributed by atoms with Gasteiger partial charge in [-0.15, -0.1) is 0 Å². The predicted molar refractivity (Wildman–Crippen MR) is 162 cm³/mol. The summed E-state index contributed by atoms with van der Waals surface area (Å²) in [5, 5.41) is 6.86. The number of benzene rings is 2. The van der Waals surface area contributed by atoms with Gasteiger partial charge < -0.3 is 15.5 Å². The highest BCUT2D eigenvalue weighted by molar-refractivity contribution is 7.93. The Kier molecular flexibility index (Phi) is 8.45. The van der Waals surface area contributed by atoms with E-state index in [0.717, 1.165) is 19.4 Å². The monoisotopic (exact) mass is 618 g/mol. The van der Waals surface area contributed by atoms with Crippen LogP contribution in [0.4, 0.5) is 5.69 Å². The molecule has 5 rings (SSSR count). The number of hydrogen-bond acceptors (Lipinski definition) is 5. The van der Waals surface area contributed by atoms with E-state index in [9.17, 15) is 18.0 Å². The molecule has 2 aromatic rings. The lowest BCUT2D eigenvalue weighted by atomic mass is 9.76. The zero-order valence-electron chi connectivity index (χ0n) is 23.3. The Bertz CT molecular complexity index is 1470. The van der Waals surface area contributed by atoms with Crippen molar-refractivity contribution in [3.63, 3.8) is 0 Å². The second kappa shape index (κ2) is 11.6. The number of allylic oxidation sites excluding steroid dienone is 1. The number of piperidine rings is 1. The van der Waals surface area contributed by atoms with E-state index >= 15 is 0 Å². The van der Waals surface area contributed by atoms with Crippen molar-refractivity contribution in [1.82, 2.24) is 15.5 Å². The van der Waals surface area contributed by atoms with E-state index in [2.05, 4.69) is 24.5 Å². The van der Waals surface area contributed by atoms with Crippen LogP contribution in [0.3, 0.4) is 0 Å². The summed E-state index contributed by atoms with van der Waals surface area (Å²) >= 11 is 13.0. The molecule has 2 atom stereocenters. The van der Waals surface area contributed by atoms with Crippen molar-refractivity contribution in [2.45, 2.75) is 38.0 Å². The van der Waals surface area contributed by atoms with Gasteiger partial charge in [0.1, 0.15) is 4.90 Å². The van der Waals surface area contributed by atoms with Crippen LogP contribution >= 0.6 is 23.2 Å². The van der Waals surface area contributed by atoms with Crippen LogP contribution in [-0.2, 0) is 14.8 Å². The maximum Gasteiger partial charge on any atom is 0.266 e. The lowest BCUT2D eigenvalue weighted by molar-refractivity contribution is -0.132. The summed E-state index contributed by atoms with van der Waals surface area (Å²) in [5.41, 5.74) is -0.362. The van der Waals surface area contributed by atoms with Gasteiger partial charge in [-0.2, -0.15) is 0 Å². The van der Waals surface area contributed by atoms with Crippen molar-refractivity contribution < 1.29 is 18.0 Å². The zero-order valence-corrected chi connectivity index (χ0v) is 25.7. The minimum Gasteiger partial charge on any atom is -0.355 e. The van der Waals surface area contributed by atoms with Crippen molar-refractivity contribution in [2.75, 3.05) is 43.6 Å². The van der Waals surface area contributed by atoms with E-state index < -0.39 is 15.4 Å². The summed E-state index contributed by atoms with van der Waals surface area (Å²) in [4.78, 5) is 28.9. The molecule has 2 N–H and O–H groups in total. The second-order valence-electron chi connectivity index (χ2n) is 12.0. The second-order valence-corrected chi connectivity index (χ2v) is 14.6. The number of nitrogens with one attached hydrogen (secondary N) is 2. The van der Waals surface area contributed by atoms with Crippen molar-refractivity contribution in [3.05, 3.63) is 70.2 Å². The van der Waals surface area contributed by atoms with Crippen molar-refractivity contribution in [2.24, 2.45) is 16.7 Å². The maximum absolute atomic E-state index is 14.2. The number of hydrogen-bond donors (Lipinski definition) is 2. The van der Waals surface area contributed by atoms with Crippen LogP contribution in [0.2, 0.25) is 10.0 Å². The lowest BCUT2D eigenvalue weighted by Gasteiger charge is -2.36. The van der Waals surface area contributed by atoms with Gasteiger partial charge in [0, 0.05) is 37.7 Å². The molecule has 0 saturated carbocycles. The fourth-order valence-electron chi connectivity index (χ4n) is 6.12. The van der Waals surface area contributed by atoms with Crippen LogP contribution in [0.1, 0.15) is 43.5 Å². The van der Waals surface area contributed by atoms with Crippen molar-refractivity contribution >= 4 is 50.7 Å². The number of anilines is 1. The molecule has 2 unspecified atom stereocenters. The summed E-state index contributed by atoms with van der Waals surface area (Å²) in [6.07, 6.45) is 5.68. The molecule has 2 saturated heterocycles. The van der Waals surface area contributed by atoms with Crippen LogP contribution < -0.4 is 14.9 Å². The minimum absolute atomic E-state index is 0.0159. The quantitative estimate of drug-likeness (QED) is 0.450. The molecular weight excluding hydrogens is 583 g/mol. The van der Waals surface area contributed by atoms with Gasteiger partial charge in [0.15, 0.2) is 0 Å². The number of carbonyl (C=O) groups is 2. The van der Waals surface area contributed by atoms with Crippen LogP contribution in [0.25, 0.3) is 0 Å². The summed E-state index contributed by atoms with van der Waals surface area (Å²) < 4.78 is 29.6. The molecule has 2 aromatic carbocycles. The topological polar surface area (TPSA) is 98.8 Å². The van der Waals surface area contributed by atoms with Gasteiger partial charge in [0.2, 0.25) is 5.91 Å². The lowest BCUT2D eigenvalue weighted by Crippen LogP contribution is -2.51. The van der Waals surface area contributed by atoms with Gasteiger partial charge in [0.25, 0.3) is 15.9 Å². The molecule has 3 heterocycles. The fourth-order valence-corrected chi connectivity index (χ4v) is 8.35. The average molecular weight is 620 g/mol. The number of nitrogens with zero attached hydrogens (tertiary/aromatic N) is 2. The standard InChI is InChI=1S/C30H36Cl2N4O4S/c1-29(2)20-35-18-22(29)17-34-28(38)30(13-7-14-33-19-30)12-5-6-15-36(25-9-4-3-8-23(25)31)41(39,40)26-16-21(27(35)37)10-11-24(26)32/h3-6,8-11,16,22,33H,7,12-15,17-20H2,1-2H3,(H,34,38)/b6-5+. The van der Waals surface area contributed by atoms with Crippen LogP contribution in [0, 0.1) is 16.7 Å². The Hall–Kier alpha value is -2.59. The molecule has 41 heavy (non-hydrogen) atoms. The van der Waals surface area contributed by atoms with Gasteiger partial charge >= 0.3 is 0 Å². The molecule has 1 spiro atoms. The fraction of sp³-hybridized carbons (Fsp3) is 0.467. The van der Waals surface area contributed by atoms with Crippen LogP contribution in [-0.4, -0.2) is 64.4 Å². The van der Waals surface area contributed by atoms with E-state index in [1.807, 2.05) is 6.08 Å². The molecule has 0 aromatic heterocycles. The highest BCUT2D eigenvalue weighted by atomic mass is 35.5. The number of amides is 2. The molecule has 4 bridgehead atoms. The number of para-hydroxylation sites is 1. The highest BCUT2D eigenvalue weighted by Gasteiger charge is 2.44. The number of rotatable bonds is 1. The first-order chi connectivity index (χ1) is 19.4. The SMILES string of the molecule is CC1(C)CN2CC1CNC(=O)C1(C/C=C/CN(c3ccccc3Cl)S(=O)(=O)c3cc(ccc3Cl)C2=O)CCCNC1. The zero-order chi connectivity index (χ0) is 29.4. The first-order valence-electron chi connectivity index (χ1n) is 13.9. The van der Waals surface area contributed by atoms with Gasteiger partial charge in [0.05, 0.1) is 27.7 Å². The molecular formula is C30H36Cl2N4O4S. The summed E-state index contributed by atoms with van der Waals surface area (Å²) in [5.74, 6) is -0.254. The van der Waals surface area contributed by atoms with E-state index in [0.29, 0.717) is 38.3 Å². The number of fused-ring (bicyclic) bond motifs is 4. The van der Waals surface area contributed by atoms with Gasteiger partial charge in [-0.05, 0) is 61.6 Å². The maximum atomic E-state index is 14.2. The van der Waals surface area contributed by atoms with Gasteiger partial charge in [-0.3, -0.25) is 13.9 Å². The minimum atomic E-state index is -4.24. The first-order valence-corrected chi connectivity index (χ1v) is 16.1. The molecule has 2 fully saturated rings. The molecule has 220 valence electrons. The van der Waals surface area contributed by atoms with Crippen LogP contribution in [0.5, 0.6) is 0 Å². The molecule has 3 aliphatic heterocycles. The third-order valence-electron chi connectivity index (χ3n) is 8.71. The molecule has 0 aliphatic carbocycles. The van der Waals surface area contributed by atoms with E-state index in [1.54, 1.807) is 41.3 Å². The highest BCUT2D eigenvalue weighted by Crippen LogP contribution is 2.38. The largest absolute Gasteiger partial charge is 0.355 e. The molecule has 0 radical (unpaired) electrons. The predicted octanol–water partition coefficient (Wildman–Crippen LogP) is 4.73. The normalized spacial score (nSPS) is 27.4. The number of carbonyl (C=O) groups excluding carboxylic acids is 2. The van der Waals surface area contributed by atoms with Crippen molar-refractivity contribution in [3.8, 4) is 0 Å². The summed E-state index contributed by atoms with van der Waals surface area (Å²) in [7, 11) is -4.24. The van der Waals surface area contributed by atoms with Gasteiger partial charge in [-0.25, -0.2) is 8.42 Å². The van der Waals surface area contributed by atoms with Crippen LogP contribution in [0.15, 0.2) is 59.5 Å². The van der Waals surface area contributed by atoms with Gasteiger partial charge in [-0.1, -0.05) is 61.3 Å². The molecule has 3 aliphatic rings. The van der Waals surface area contributed by atoms with E-state index in [-0.39, 0.29) is 50.2 Å². The molecule has 11 heteroatoms. The first kappa shape index (κ1) is 29.9. The Balaban J connectivity index is 1.61. The Labute approximate surface area is 252 Å². The molecule has 2 amide bonds. The Morgan fingerprint density at radius 1 is 1.02 bits per heavy atom. The Morgan fingerprint density at radius 3 is 2.54 bits per heavy atom. The summed E-state index contributed by atoms with van der Waals surface area (Å²) in [6.45, 7) is 6.94. The van der Waals surface area contributed by atoms with Crippen molar-refractivity contribution in [1.29, 1.82) is 0 Å². The average Bonchev–Trinajstić information content (AvgIpc) is 3.25. The third-order valence-corrected chi connectivity index (χ3v) is 11.3. The third kappa shape index (κ3) is 5.87. The number of sulfonamides is 1. The van der Waals surface area contributed by atoms with E-state index in [4.69, 9.17) is 23.2 Å². The summed E-state index contributed by atoms with van der Waals surface area (Å²) in [6, 6.07) is 11.1. The Morgan fingerprint density at radius 2 is 1.80 bits per heavy atom.